The van der Waals surface area contributed by atoms with Crippen molar-refractivity contribution in [2.75, 3.05) is 47.4 Å². The lowest BCUT2D eigenvalue weighted by Crippen LogP contribution is -2.50. The lowest BCUT2D eigenvalue weighted by Gasteiger charge is -2.30. The predicted octanol–water partition coefficient (Wildman–Crippen LogP) is 1.05. The molecule has 0 aromatic heterocycles. The minimum absolute atomic E-state index is 0.183. The van der Waals surface area contributed by atoms with Gasteiger partial charge < -0.3 is 15.0 Å². The molecule has 120 valence electrons. The quantitative estimate of drug-likeness (QED) is 0.608. The van der Waals surface area contributed by atoms with Crippen LogP contribution >= 0.6 is 0 Å². The standard InChI is InChI=1S/C15H33N3O2/c1-12(2)10-18(9-8-17(5)6)11-14(15(19)20-7)16-13(3)4/h12-14,16H,8-11H2,1-7H3. The molecule has 0 aliphatic carbocycles. The summed E-state index contributed by atoms with van der Waals surface area (Å²) in [6, 6.07) is -0.00485. The zero-order chi connectivity index (χ0) is 15.7. The van der Waals surface area contributed by atoms with Crippen molar-refractivity contribution in [3.8, 4) is 0 Å². The van der Waals surface area contributed by atoms with E-state index in [1.165, 1.54) is 7.11 Å². The monoisotopic (exact) mass is 287 g/mol. The second-order valence-electron chi connectivity index (χ2n) is 6.35. The van der Waals surface area contributed by atoms with Gasteiger partial charge in [0.15, 0.2) is 0 Å². The van der Waals surface area contributed by atoms with Gasteiger partial charge in [-0.05, 0) is 20.0 Å². The normalized spacial score (nSPS) is 13.6. The highest BCUT2D eigenvalue weighted by Crippen LogP contribution is 2.03. The summed E-state index contributed by atoms with van der Waals surface area (Å²) in [7, 11) is 5.58. The molecule has 0 aromatic carbocycles. The predicted molar refractivity (Wildman–Crippen MR) is 83.9 cm³/mol. The molecule has 5 heteroatoms. The number of esters is 1. The summed E-state index contributed by atoms with van der Waals surface area (Å²) in [6.45, 7) is 12.1. The van der Waals surface area contributed by atoms with Gasteiger partial charge >= 0.3 is 5.97 Å². The van der Waals surface area contributed by atoms with Crippen LogP contribution in [-0.2, 0) is 9.53 Å². The van der Waals surface area contributed by atoms with E-state index in [0.29, 0.717) is 12.5 Å². The SMILES string of the molecule is COC(=O)C(CN(CCN(C)C)CC(C)C)NC(C)C. The second-order valence-corrected chi connectivity index (χ2v) is 6.35. The zero-order valence-corrected chi connectivity index (χ0v) is 14.3. The molecule has 0 fully saturated rings. The van der Waals surface area contributed by atoms with Crippen molar-refractivity contribution < 1.29 is 9.53 Å². The molecule has 0 heterocycles. The molecule has 0 aliphatic rings. The fraction of sp³-hybridized carbons (Fsp3) is 0.933. The van der Waals surface area contributed by atoms with Crippen LogP contribution in [0.15, 0.2) is 0 Å². The lowest BCUT2D eigenvalue weighted by molar-refractivity contribution is -0.143. The van der Waals surface area contributed by atoms with Crippen molar-refractivity contribution >= 4 is 5.97 Å². The number of hydrogen-bond acceptors (Lipinski definition) is 5. The Kier molecular flexibility index (Phi) is 9.80. The highest BCUT2D eigenvalue weighted by molar-refractivity contribution is 5.75. The largest absolute Gasteiger partial charge is 0.468 e. The van der Waals surface area contributed by atoms with Crippen molar-refractivity contribution in [1.29, 1.82) is 0 Å². The Bertz CT molecular complexity index is 268. The minimum Gasteiger partial charge on any atom is -0.468 e. The number of hydrogen-bond donors (Lipinski definition) is 1. The molecule has 0 spiro atoms. The van der Waals surface area contributed by atoms with Crippen molar-refractivity contribution in [3.05, 3.63) is 0 Å². The van der Waals surface area contributed by atoms with Crippen LogP contribution in [0, 0.1) is 5.92 Å². The van der Waals surface area contributed by atoms with Gasteiger partial charge in [0.1, 0.15) is 6.04 Å². The van der Waals surface area contributed by atoms with Gasteiger partial charge in [-0.3, -0.25) is 9.69 Å². The Hall–Kier alpha value is -0.650. The summed E-state index contributed by atoms with van der Waals surface area (Å²) >= 11 is 0. The van der Waals surface area contributed by atoms with Gasteiger partial charge in [0.2, 0.25) is 0 Å². The van der Waals surface area contributed by atoms with Crippen LogP contribution in [-0.4, -0.2) is 75.2 Å². The van der Waals surface area contributed by atoms with Crippen LogP contribution in [0.1, 0.15) is 27.7 Å². The molecule has 1 unspecified atom stereocenters. The average Bonchev–Trinajstić information content (AvgIpc) is 2.32. The molecule has 0 bridgehead atoms. The maximum absolute atomic E-state index is 11.9. The van der Waals surface area contributed by atoms with Crippen molar-refractivity contribution in [2.24, 2.45) is 5.92 Å². The number of rotatable bonds is 10. The van der Waals surface area contributed by atoms with Crippen LogP contribution in [0.4, 0.5) is 0 Å². The van der Waals surface area contributed by atoms with E-state index in [4.69, 9.17) is 4.74 Å². The van der Waals surface area contributed by atoms with Crippen LogP contribution < -0.4 is 5.32 Å². The molecule has 0 aromatic rings. The lowest BCUT2D eigenvalue weighted by atomic mass is 10.1. The maximum atomic E-state index is 11.9. The van der Waals surface area contributed by atoms with E-state index in [2.05, 4.69) is 43.1 Å². The van der Waals surface area contributed by atoms with Gasteiger partial charge in [0, 0.05) is 32.2 Å². The van der Waals surface area contributed by atoms with E-state index in [1.807, 2.05) is 13.8 Å². The molecule has 0 saturated heterocycles. The molecular weight excluding hydrogens is 254 g/mol. The first-order chi connectivity index (χ1) is 9.26. The van der Waals surface area contributed by atoms with Gasteiger partial charge in [0.25, 0.3) is 0 Å². The molecule has 0 saturated carbocycles. The third kappa shape index (κ3) is 9.28. The van der Waals surface area contributed by atoms with Crippen molar-refractivity contribution in [1.82, 2.24) is 15.1 Å². The molecule has 0 aliphatic heterocycles. The van der Waals surface area contributed by atoms with Crippen molar-refractivity contribution in [2.45, 2.75) is 39.8 Å². The molecular formula is C15H33N3O2. The number of nitrogens with one attached hydrogen (secondary N) is 1. The highest BCUT2D eigenvalue weighted by atomic mass is 16.5. The van der Waals surface area contributed by atoms with E-state index in [1.54, 1.807) is 0 Å². The Morgan fingerprint density at radius 2 is 1.70 bits per heavy atom. The van der Waals surface area contributed by atoms with Gasteiger partial charge in [-0.1, -0.05) is 27.7 Å². The summed E-state index contributed by atoms with van der Waals surface area (Å²) in [5.74, 6) is 0.395. The summed E-state index contributed by atoms with van der Waals surface area (Å²) in [4.78, 5) is 16.4. The average molecular weight is 287 g/mol. The molecule has 0 amide bonds. The van der Waals surface area contributed by atoms with E-state index in [-0.39, 0.29) is 18.1 Å². The third-order valence-corrected chi connectivity index (χ3v) is 2.95. The van der Waals surface area contributed by atoms with Crippen LogP contribution in [0.25, 0.3) is 0 Å². The first kappa shape index (κ1) is 19.4. The number of likely N-dealkylation sites (N-methyl/N-ethyl adjacent to an activating group) is 1. The van der Waals surface area contributed by atoms with Crippen LogP contribution in [0.2, 0.25) is 0 Å². The summed E-state index contributed by atoms with van der Waals surface area (Å²) in [6.07, 6.45) is 0. The summed E-state index contributed by atoms with van der Waals surface area (Å²) in [5, 5.41) is 3.29. The van der Waals surface area contributed by atoms with E-state index < -0.39 is 0 Å². The van der Waals surface area contributed by atoms with Crippen LogP contribution in [0.3, 0.4) is 0 Å². The van der Waals surface area contributed by atoms with E-state index >= 15 is 0 Å². The molecule has 0 rings (SSSR count). The molecule has 0 radical (unpaired) electrons. The molecule has 1 N–H and O–H groups in total. The number of carbonyl (C=O) groups is 1. The Balaban J connectivity index is 4.63. The van der Waals surface area contributed by atoms with Crippen molar-refractivity contribution in [3.63, 3.8) is 0 Å². The van der Waals surface area contributed by atoms with Gasteiger partial charge in [-0.25, -0.2) is 0 Å². The highest BCUT2D eigenvalue weighted by Gasteiger charge is 2.23. The molecule has 5 nitrogen and oxygen atoms in total. The van der Waals surface area contributed by atoms with Crippen LogP contribution in [0.5, 0.6) is 0 Å². The number of ether oxygens (including phenoxy) is 1. The van der Waals surface area contributed by atoms with Gasteiger partial charge in [0.05, 0.1) is 7.11 Å². The summed E-state index contributed by atoms with van der Waals surface area (Å²) in [5.41, 5.74) is 0. The molecule has 1 atom stereocenters. The van der Waals surface area contributed by atoms with E-state index in [9.17, 15) is 4.79 Å². The number of carbonyl (C=O) groups excluding carboxylic acids is 1. The van der Waals surface area contributed by atoms with Gasteiger partial charge in [-0.2, -0.15) is 0 Å². The first-order valence-corrected chi connectivity index (χ1v) is 7.47. The fourth-order valence-corrected chi connectivity index (χ4v) is 2.11. The Labute approximate surface area is 124 Å². The number of nitrogens with zero attached hydrogens (tertiary/aromatic N) is 2. The maximum Gasteiger partial charge on any atom is 0.324 e. The second kappa shape index (κ2) is 10.1. The Morgan fingerprint density at radius 1 is 1.10 bits per heavy atom. The van der Waals surface area contributed by atoms with E-state index in [0.717, 1.165) is 19.6 Å². The van der Waals surface area contributed by atoms with Gasteiger partial charge in [-0.15, -0.1) is 0 Å². The first-order valence-electron chi connectivity index (χ1n) is 7.47. The Morgan fingerprint density at radius 3 is 2.10 bits per heavy atom. The smallest absolute Gasteiger partial charge is 0.324 e. The fourth-order valence-electron chi connectivity index (χ4n) is 2.11. The zero-order valence-electron chi connectivity index (χ0n) is 14.3. The third-order valence-electron chi connectivity index (χ3n) is 2.95. The topological polar surface area (TPSA) is 44.8 Å². The number of methoxy groups -OCH3 is 1. The molecule has 20 heavy (non-hydrogen) atoms. The summed E-state index contributed by atoms with van der Waals surface area (Å²) < 4.78 is 4.91. The minimum atomic E-state index is -0.263.